The maximum absolute atomic E-state index is 12.3. The van der Waals surface area contributed by atoms with Crippen LogP contribution in [0.3, 0.4) is 0 Å². The van der Waals surface area contributed by atoms with Crippen molar-refractivity contribution in [2.24, 2.45) is 17.1 Å². The molecule has 1 aromatic rings. The van der Waals surface area contributed by atoms with Gasteiger partial charge in [0.1, 0.15) is 0 Å². The number of carbonyl (C=O) groups is 1. The Labute approximate surface area is 167 Å². The van der Waals surface area contributed by atoms with Crippen molar-refractivity contribution >= 4 is 17.5 Å². The number of pyridine rings is 1. The van der Waals surface area contributed by atoms with Crippen molar-refractivity contribution < 1.29 is 4.79 Å². The van der Waals surface area contributed by atoms with Crippen molar-refractivity contribution in [1.82, 2.24) is 9.88 Å². The van der Waals surface area contributed by atoms with E-state index in [1.807, 2.05) is 18.2 Å². The molecule has 1 atom stereocenters. The highest BCUT2D eigenvalue weighted by molar-refractivity contribution is 6.29. The molecule has 5 heteroatoms. The predicted molar refractivity (Wildman–Crippen MR) is 110 cm³/mol. The van der Waals surface area contributed by atoms with E-state index < -0.39 is 0 Å². The number of nitrogens with zero attached hydrogens (tertiary/aromatic N) is 2. The van der Waals surface area contributed by atoms with Gasteiger partial charge in [-0.05, 0) is 80.2 Å². The third-order valence-corrected chi connectivity index (χ3v) is 6.70. The minimum atomic E-state index is 0.106. The fourth-order valence-corrected chi connectivity index (χ4v) is 4.91. The van der Waals surface area contributed by atoms with Crippen molar-refractivity contribution in [3.05, 3.63) is 53.4 Å². The smallest absolute Gasteiger partial charge is 0.219 e. The molecular formula is C22H30ClN3O. The lowest BCUT2D eigenvalue weighted by Gasteiger charge is -2.47. The lowest BCUT2D eigenvalue weighted by Crippen LogP contribution is -2.48. The first-order valence-electron chi connectivity index (χ1n) is 9.93. The molecule has 2 aliphatic rings. The molecule has 1 unspecified atom stereocenters. The van der Waals surface area contributed by atoms with Crippen LogP contribution in [0.2, 0.25) is 0 Å². The van der Waals surface area contributed by atoms with Gasteiger partial charge in [-0.3, -0.25) is 9.78 Å². The second-order valence-corrected chi connectivity index (χ2v) is 8.41. The van der Waals surface area contributed by atoms with E-state index in [0.717, 1.165) is 50.1 Å². The van der Waals surface area contributed by atoms with E-state index in [1.54, 1.807) is 19.3 Å². The molecule has 1 saturated carbocycles. The summed E-state index contributed by atoms with van der Waals surface area (Å²) in [5.41, 5.74) is 7.57. The Bertz CT molecular complexity index is 693. The zero-order valence-electron chi connectivity index (χ0n) is 16.1. The van der Waals surface area contributed by atoms with Gasteiger partial charge >= 0.3 is 0 Å². The van der Waals surface area contributed by atoms with Gasteiger partial charge in [-0.15, -0.1) is 0 Å². The summed E-state index contributed by atoms with van der Waals surface area (Å²) >= 11 is 6.28. The highest BCUT2D eigenvalue weighted by Gasteiger charge is 2.41. The summed E-state index contributed by atoms with van der Waals surface area (Å²) in [5.74, 6) is 0.571. The van der Waals surface area contributed by atoms with E-state index in [9.17, 15) is 4.79 Å². The average molecular weight is 388 g/mol. The number of nitrogens with two attached hydrogens (primary N) is 1. The maximum atomic E-state index is 12.3. The Morgan fingerprint density at radius 2 is 2.04 bits per heavy atom. The molecule has 0 radical (unpaired) electrons. The third-order valence-electron chi connectivity index (χ3n) is 6.42. The molecule has 146 valence electrons. The lowest BCUT2D eigenvalue weighted by atomic mass is 9.63. The fourth-order valence-electron chi connectivity index (χ4n) is 4.67. The molecule has 2 aliphatic carbocycles. The monoisotopic (exact) mass is 387 g/mol. The highest BCUT2D eigenvalue weighted by Crippen LogP contribution is 2.47. The predicted octanol–water partition coefficient (Wildman–Crippen LogP) is 4.06. The molecule has 4 nitrogen and oxygen atoms in total. The average Bonchev–Trinajstić information content (AvgIpc) is 2.69. The summed E-state index contributed by atoms with van der Waals surface area (Å²) in [6.45, 7) is 3.12. The highest BCUT2D eigenvalue weighted by atomic mass is 35.5. The van der Waals surface area contributed by atoms with Crippen LogP contribution in [0, 0.1) is 11.3 Å². The van der Waals surface area contributed by atoms with Gasteiger partial charge in [0.15, 0.2) is 0 Å². The molecule has 2 N–H and O–H groups in total. The number of aromatic nitrogens is 1. The number of allylic oxidation sites excluding steroid dienone is 4. The van der Waals surface area contributed by atoms with Gasteiger partial charge in [0, 0.05) is 36.9 Å². The molecule has 0 bridgehead atoms. The minimum Gasteiger partial charge on any atom is -0.340 e. The molecule has 0 saturated heterocycles. The van der Waals surface area contributed by atoms with E-state index in [1.165, 1.54) is 5.56 Å². The first kappa shape index (κ1) is 20.1. The topological polar surface area (TPSA) is 59.2 Å². The first-order chi connectivity index (χ1) is 13.0. The van der Waals surface area contributed by atoms with Crippen molar-refractivity contribution in [2.45, 2.75) is 51.5 Å². The summed E-state index contributed by atoms with van der Waals surface area (Å²) in [7, 11) is 0. The van der Waals surface area contributed by atoms with Gasteiger partial charge < -0.3 is 10.6 Å². The number of amides is 1. The number of rotatable bonds is 6. The zero-order valence-corrected chi connectivity index (χ0v) is 16.9. The molecule has 3 rings (SSSR count). The number of hydrogen-bond donors (Lipinski definition) is 1. The summed E-state index contributed by atoms with van der Waals surface area (Å²) in [6, 6.07) is 4.35. The zero-order chi connectivity index (χ0) is 19.3. The van der Waals surface area contributed by atoms with Crippen LogP contribution in [0.15, 0.2) is 47.8 Å². The standard InChI is InChI=1S/C22H30ClN3O/c1-17(27)26(14-9-18-7-12-25-13-8-18)21-5-10-22(16-24,11-6-21)19-3-2-4-20(23)15-19/h2-4,7-8,12-13,19,21H,5-6,9-11,14-16,24H2,1H3. The SMILES string of the molecule is CC(=O)N(CCc1ccncc1)C1CCC(CN)(C2C=CC=C(Cl)C2)CC1. The quantitative estimate of drug-likeness (QED) is 0.800. The van der Waals surface area contributed by atoms with Crippen LogP contribution >= 0.6 is 11.6 Å². The molecule has 0 spiro atoms. The first-order valence-corrected chi connectivity index (χ1v) is 10.3. The van der Waals surface area contributed by atoms with Crippen molar-refractivity contribution in [2.75, 3.05) is 13.1 Å². The van der Waals surface area contributed by atoms with E-state index >= 15 is 0 Å². The van der Waals surface area contributed by atoms with Crippen LogP contribution in [0.5, 0.6) is 0 Å². The summed E-state index contributed by atoms with van der Waals surface area (Å²) < 4.78 is 0. The summed E-state index contributed by atoms with van der Waals surface area (Å²) in [6.07, 6.45) is 15.8. The maximum Gasteiger partial charge on any atom is 0.219 e. The lowest BCUT2D eigenvalue weighted by molar-refractivity contribution is -0.132. The molecule has 1 fully saturated rings. The Kier molecular flexibility index (Phi) is 6.72. The van der Waals surface area contributed by atoms with Gasteiger partial charge in [0.2, 0.25) is 5.91 Å². The second kappa shape index (κ2) is 9.03. The molecule has 1 amide bonds. The van der Waals surface area contributed by atoms with Gasteiger partial charge in [0.05, 0.1) is 0 Å². The van der Waals surface area contributed by atoms with Gasteiger partial charge in [-0.25, -0.2) is 0 Å². The fraction of sp³-hybridized carbons (Fsp3) is 0.545. The van der Waals surface area contributed by atoms with Crippen LogP contribution in [0.25, 0.3) is 0 Å². The Morgan fingerprint density at radius 3 is 2.63 bits per heavy atom. The van der Waals surface area contributed by atoms with E-state index in [0.29, 0.717) is 18.5 Å². The molecular weight excluding hydrogens is 358 g/mol. The Hall–Kier alpha value is -1.65. The largest absolute Gasteiger partial charge is 0.340 e. The van der Waals surface area contributed by atoms with Crippen molar-refractivity contribution in [1.29, 1.82) is 0 Å². The summed E-state index contributed by atoms with van der Waals surface area (Å²) in [5, 5.41) is 0.917. The molecule has 27 heavy (non-hydrogen) atoms. The number of carbonyl (C=O) groups excluding carboxylic acids is 1. The second-order valence-electron chi connectivity index (χ2n) is 7.92. The number of halogens is 1. The number of hydrogen-bond acceptors (Lipinski definition) is 3. The van der Waals surface area contributed by atoms with E-state index in [-0.39, 0.29) is 11.3 Å². The third kappa shape index (κ3) is 4.80. The van der Waals surface area contributed by atoms with Crippen molar-refractivity contribution in [3.63, 3.8) is 0 Å². The van der Waals surface area contributed by atoms with Crippen molar-refractivity contribution in [3.8, 4) is 0 Å². The van der Waals surface area contributed by atoms with Crippen LogP contribution in [-0.4, -0.2) is 34.9 Å². The molecule has 1 heterocycles. The van der Waals surface area contributed by atoms with Crippen LogP contribution in [-0.2, 0) is 11.2 Å². The van der Waals surface area contributed by atoms with Crippen LogP contribution < -0.4 is 5.73 Å². The Morgan fingerprint density at radius 1 is 1.33 bits per heavy atom. The molecule has 0 aliphatic heterocycles. The normalized spacial score (nSPS) is 27.9. The Balaban J connectivity index is 1.62. The minimum absolute atomic E-state index is 0.106. The van der Waals surface area contributed by atoms with Gasteiger partial charge in [-0.1, -0.05) is 23.8 Å². The van der Waals surface area contributed by atoms with Crippen LogP contribution in [0.1, 0.15) is 44.6 Å². The molecule has 0 aromatic carbocycles. The van der Waals surface area contributed by atoms with E-state index in [2.05, 4.69) is 22.0 Å². The molecule has 1 aromatic heterocycles. The van der Waals surface area contributed by atoms with Crippen LogP contribution in [0.4, 0.5) is 0 Å². The van der Waals surface area contributed by atoms with Gasteiger partial charge in [0.25, 0.3) is 0 Å². The van der Waals surface area contributed by atoms with E-state index in [4.69, 9.17) is 17.3 Å². The summed E-state index contributed by atoms with van der Waals surface area (Å²) in [4.78, 5) is 18.4. The van der Waals surface area contributed by atoms with Gasteiger partial charge in [-0.2, -0.15) is 0 Å².